The fraction of sp³-hybridized carbons (Fsp3) is 0.571. The maximum Gasteiger partial charge on any atom is 0.0949 e. The molecule has 0 radical (unpaired) electrons. The molecule has 54 valence electrons. The van der Waals surface area contributed by atoms with E-state index in [0.717, 1.165) is 13.1 Å². The van der Waals surface area contributed by atoms with E-state index < -0.39 is 0 Å². The van der Waals surface area contributed by atoms with Gasteiger partial charge in [-0.05, 0) is 6.92 Å². The number of hydrogen-bond donors (Lipinski definition) is 1. The normalized spacial score (nSPS) is 24.3. The molecule has 0 unspecified atom stereocenters. The molecule has 1 aromatic rings. The number of aromatic nitrogens is 2. The molecule has 0 amide bonds. The Kier molecular flexibility index (Phi) is 1.24. The second-order valence-corrected chi connectivity index (χ2v) is 2.69. The molecule has 2 rings (SSSR count). The molecule has 10 heavy (non-hydrogen) atoms. The van der Waals surface area contributed by atoms with Gasteiger partial charge >= 0.3 is 0 Å². The molecule has 1 aliphatic rings. The van der Waals surface area contributed by atoms with Crippen molar-refractivity contribution in [2.24, 2.45) is 0 Å². The average Bonchev–Trinajstić information content (AvgIpc) is 2.36. The first-order valence-electron chi connectivity index (χ1n) is 3.61. The van der Waals surface area contributed by atoms with Crippen molar-refractivity contribution in [2.75, 3.05) is 6.54 Å². The van der Waals surface area contributed by atoms with Gasteiger partial charge in [-0.3, -0.25) is 0 Å². The van der Waals surface area contributed by atoms with Crippen LogP contribution >= 0.6 is 0 Å². The number of fused-ring (bicyclic) bond motifs is 1. The molecular weight excluding hydrogens is 126 g/mol. The van der Waals surface area contributed by atoms with Gasteiger partial charge in [-0.1, -0.05) is 0 Å². The van der Waals surface area contributed by atoms with Crippen LogP contribution in [0.5, 0.6) is 0 Å². The summed E-state index contributed by atoms with van der Waals surface area (Å²) in [6, 6.07) is 0.469. The summed E-state index contributed by atoms with van der Waals surface area (Å²) in [5.41, 5.74) is 1.30. The van der Waals surface area contributed by atoms with Crippen LogP contribution in [0.1, 0.15) is 18.7 Å². The van der Waals surface area contributed by atoms with Gasteiger partial charge in [0.1, 0.15) is 0 Å². The Morgan fingerprint density at radius 2 is 2.70 bits per heavy atom. The van der Waals surface area contributed by atoms with Crippen LogP contribution in [-0.2, 0) is 6.54 Å². The molecule has 1 N–H and O–H groups in total. The molecular formula is C7H11N3. The number of nitrogens with zero attached hydrogens (tertiary/aromatic N) is 2. The SMILES string of the molecule is C[C@@H]1NCCn2cncc21. The summed E-state index contributed by atoms with van der Waals surface area (Å²) in [7, 11) is 0. The second kappa shape index (κ2) is 2.09. The van der Waals surface area contributed by atoms with E-state index in [1.807, 2.05) is 12.5 Å². The molecule has 3 heteroatoms. The first-order valence-corrected chi connectivity index (χ1v) is 3.61. The Balaban J connectivity index is 2.41. The van der Waals surface area contributed by atoms with Gasteiger partial charge in [-0.2, -0.15) is 0 Å². The number of nitrogens with one attached hydrogen (secondary N) is 1. The van der Waals surface area contributed by atoms with Gasteiger partial charge in [0.25, 0.3) is 0 Å². The van der Waals surface area contributed by atoms with Crippen LogP contribution in [0.25, 0.3) is 0 Å². The predicted octanol–water partition coefficient (Wildman–Crippen LogP) is 0.547. The summed E-state index contributed by atoms with van der Waals surface area (Å²) in [5.74, 6) is 0. The van der Waals surface area contributed by atoms with Gasteiger partial charge in [0, 0.05) is 25.3 Å². The minimum absolute atomic E-state index is 0.469. The number of imidazole rings is 1. The quantitative estimate of drug-likeness (QED) is 0.566. The van der Waals surface area contributed by atoms with Crippen LogP contribution < -0.4 is 5.32 Å². The summed E-state index contributed by atoms with van der Waals surface area (Å²) >= 11 is 0. The van der Waals surface area contributed by atoms with Crippen LogP contribution in [0.15, 0.2) is 12.5 Å². The predicted molar refractivity (Wildman–Crippen MR) is 38.6 cm³/mol. The molecule has 0 fully saturated rings. The van der Waals surface area contributed by atoms with Gasteiger partial charge < -0.3 is 9.88 Å². The summed E-state index contributed by atoms with van der Waals surface area (Å²) in [4.78, 5) is 4.08. The van der Waals surface area contributed by atoms with Gasteiger partial charge in [0.2, 0.25) is 0 Å². The minimum Gasteiger partial charge on any atom is -0.332 e. The zero-order valence-electron chi connectivity index (χ0n) is 6.04. The third-order valence-corrected chi connectivity index (χ3v) is 1.99. The van der Waals surface area contributed by atoms with Gasteiger partial charge in [-0.15, -0.1) is 0 Å². The summed E-state index contributed by atoms with van der Waals surface area (Å²) in [6.07, 6.45) is 3.82. The zero-order chi connectivity index (χ0) is 6.97. The Bertz CT molecular complexity index is 229. The third kappa shape index (κ3) is 0.743. The van der Waals surface area contributed by atoms with Crippen molar-refractivity contribution in [3.05, 3.63) is 18.2 Å². The van der Waals surface area contributed by atoms with Crippen molar-refractivity contribution in [1.82, 2.24) is 14.9 Å². The molecule has 2 heterocycles. The zero-order valence-corrected chi connectivity index (χ0v) is 6.04. The second-order valence-electron chi connectivity index (χ2n) is 2.69. The molecule has 1 aromatic heterocycles. The van der Waals surface area contributed by atoms with Crippen LogP contribution in [0, 0.1) is 0 Å². The molecule has 0 aromatic carbocycles. The topological polar surface area (TPSA) is 29.9 Å². The van der Waals surface area contributed by atoms with Crippen LogP contribution in [0.2, 0.25) is 0 Å². The van der Waals surface area contributed by atoms with Crippen molar-refractivity contribution in [3.63, 3.8) is 0 Å². The fourth-order valence-electron chi connectivity index (χ4n) is 1.38. The molecule has 0 saturated carbocycles. The van der Waals surface area contributed by atoms with E-state index in [9.17, 15) is 0 Å². The Labute approximate surface area is 60.1 Å². The molecule has 0 aliphatic carbocycles. The highest BCUT2D eigenvalue weighted by Gasteiger charge is 2.13. The average molecular weight is 137 g/mol. The third-order valence-electron chi connectivity index (χ3n) is 1.99. The highest BCUT2D eigenvalue weighted by Crippen LogP contribution is 2.14. The minimum atomic E-state index is 0.469. The Morgan fingerprint density at radius 3 is 3.50 bits per heavy atom. The first-order chi connectivity index (χ1) is 4.88. The molecule has 0 saturated heterocycles. The van der Waals surface area contributed by atoms with E-state index in [0.29, 0.717) is 6.04 Å². The standard InChI is InChI=1S/C7H11N3/c1-6-7-4-8-5-10(7)3-2-9-6/h4-6,9H,2-3H2,1H3/t6-/m0/s1. The number of rotatable bonds is 0. The van der Waals surface area contributed by atoms with Crippen molar-refractivity contribution in [3.8, 4) is 0 Å². The van der Waals surface area contributed by atoms with E-state index in [1.54, 1.807) is 0 Å². The van der Waals surface area contributed by atoms with Crippen molar-refractivity contribution >= 4 is 0 Å². The van der Waals surface area contributed by atoms with Crippen LogP contribution in [-0.4, -0.2) is 16.1 Å². The number of hydrogen-bond acceptors (Lipinski definition) is 2. The molecule has 0 bridgehead atoms. The van der Waals surface area contributed by atoms with Crippen LogP contribution in [0.3, 0.4) is 0 Å². The van der Waals surface area contributed by atoms with Crippen molar-refractivity contribution < 1.29 is 0 Å². The van der Waals surface area contributed by atoms with Gasteiger partial charge in [0.15, 0.2) is 0 Å². The summed E-state index contributed by atoms with van der Waals surface area (Å²) in [6.45, 7) is 4.27. The molecule has 0 spiro atoms. The van der Waals surface area contributed by atoms with E-state index in [-0.39, 0.29) is 0 Å². The van der Waals surface area contributed by atoms with E-state index >= 15 is 0 Å². The lowest BCUT2D eigenvalue weighted by molar-refractivity contribution is 0.448. The highest BCUT2D eigenvalue weighted by molar-refractivity contribution is 5.06. The largest absolute Gasteiger partial charge is 0.332 e. The van der Waals surface area contributed by atoms with E-state index in [1.165, 1.54) is 5.69 Å². The van der Waals surface area contributed by atoms with E-state index in [2.05, 4.69) is 21.8 Å². The van der Waals surface area contributed by atoms with Crippen LogP contribution in [0.4, 0.5) is 0 Å². The maximum atomic E-state index is 4.08. The monoisotopic (exact) mass is 137 g/mol. The molecule has 1 aliphatic heterocycles. The van der Waals surface area contributed by atoms with Crippen molar-refractivity contribution in [2.45, 2.75) is 19.5 Å². The lowest BCUT2D eigenvalue weighted by Crippen LogP contribution is -2.30. The maximum absolute atomic E-state index is 4.08. The lowest BCUT2D eigenvalue weighted by atomic mass is 10.2. The van der Waals surface area contributed by atoms with Crippen molar-refractivity contribution in [1.29, 1.82) is 0 Å². The Morgan fingerprint density at radius 1 is 1.80 bits per heavy atom. The Hall–Kier alpha value is -0.830. The molecule has 3 nitrogen and oxygen atoms in total. The first kappa shape index (κ1) is 5.92. The summed E-state index contributed by atoms with van der Waals surface area (Å²) in [5, 5.41) is 3.36. The fourth-order valence-corrected chi connectivity index (χ4v) is 1.38. The van der Waals surface area contributed by atoms with Gasteiger partial charge in [-0.25, -0.2) is 4.98 Å². The van der Waals surface area contributed by atoms with E-state index in [4.69, 9.17) is 0 Å². The highest BCUT2D eigenvalue weighted by atomic mass is 15.1. The smallest absolute Gasteiger partial charge is 0.0949 e. The lowest BCUT2D eigenvalue weighted by Gasteiger charge is -2.21. The molecule has 1 atom stereocenters. The summed E-state index contributed by atoms with van der Waals surface area (Å²) < 4.78 is 2.20. The van der Waals surface area contributed by atoms with Gasteiger partial charge in [0.05, 0.1) is 12.0 Å².